The smallest absolute Gasteiger partial charge is 0.270 e. The molecule has 0 saturated carbocycles. The number of carbonyl (C=O) groups is 1. The van der Waals surface area contributed by atoms with Gasteiger partial charge in [-0.15, -0.1) is 5.10 Å². The van der Waals surface area contributed by atoms with E-state index in [2.05, 4.69) is 47.5 Å². The number of aromatic amines is 1. The molecule has 6 rings (SSSR count). The Morgan fingerprint density at radius 1 is 1.10 bits per heavy atom. The van der Waals surface area contributed by atoms with Crippen LogP contribution in [0.3, 0.4) is 0 Å². The molecule has 1 amide bonds. The van der Waals surface area contributed by atoms with Crippen molar-refractivity contribution >= 4 is 28.4 Å². The number of carbonyl (C=O) groups excluding carboxylic acids is 1. The maximum absolute atomic E-state index is 13.9. The fraction of sp³-hybridized carbons (Fsp3) is 0.115. The Balaban J connectivity index is 1.45. The number of nitrogens with two attached hydrogens (primary N) is 1. The second-order valence-corrected chi connectivity index (χ2v) is 8.71. The molecule has 0 saturated heterocycles. The van der Waals surface area contributed by atoms with E-state index in [1.54, 1.807) is 61.5 Å². The number of H-pyrrole nitrogens is 1. The minimum Gasteiger partial charge on any atom is -0.381 e. The molecule has 0 aliphatic rings. The van der Waals surface area contributed by atoms with Crippen molar-refractivity contribution in [1.82, 2.24) is 49.4 Å². The zero-order chi connectivity index (χ0) is 27.1. The highest BCUT2D eigenvalue weighted by atomic mass is 16.2. The van der Waals surface area contributed by atoms with E-state index in [1.165, 1.54) is 9.08 Å². The molecule has 1 unspecified atom stereocenters. The SMILES string of the molecule is CC(NC(=O)c1c(N)nn2cccnc12)c1nc2n[nH]c(C#Cc3ccn(C)n3)c2c(=O)n1-c1ccccc1. The van der Waals surface area contributed by atoms with Crippen molar-refractivity contribution in [3.63, 3.8) is 0 Å². The Labute approximate surface area is 220 Å². The van der Waals surface area contributed by atoms with Crippen LogP contribution >= 0.6 is 0 Å². The molecule has 5 aromatic heterocycles. The summed E-state index contributed by atoms with van der Waals surface area (Å²) in [5, 5.41) is 18.5. The zero-order valence-electron chi connectivity index (χ0n) is 20.8. The van der Waals surface area contributed by atoms with E-state index in [1.807, 2.05) is 18.2 Å². The van der Waals surface area contributed by atoms with Gasteiger partial charge in [0.05, 0.1) is 11.7 Å². The molecule has 13 heteroatoms. The third-order valence-electron chi connectivity index (χ3n) is 6.04. The maximum atomic E-state index is 13.9. The predicted octanol–water partition coefficient (Wildman–Crippen LogP) is 1.36. The lowest BCUT2D eigenvalue weighted by atomic mass is 10.2. The van der Waals surface area contributed by atoms with E-state index < -0.39 is 17.5 Å². The van der Waals surface area contributed by atoms with Crippen LogP contribution in [0.15, 0.2) is 65.8 Å². The van der Waals surface area contributed by atoms with E-state index >= 15 is 0 Å². The van der Waals surface area contributed by atoms with Crippen molar-refractivity contribution in [2.24, 2.45) is 7.05 Å². The third kappa shape index (κ3) is 4.15. The first-order valence-electron chi connectivity index (χ1n) is 11.9. The number of aryl methyl sites for hydroxylation is 1. The van der Waals surface area contributed by atoms with Gasteiger partial charge in [0.1, 0.15) is 28.2 Å². The highest BCUT2D eigenvalue weighted by Gasteiger charge is 2.25. The number of rotatable bonds is 4. The second kappa shape index (κ2) is 9.27. The number of fused-ring (bicyclic) bond motifs is 2. The van der Waals surface area contributed by atoms with E-state index in [0.717, 1.165) is 0 Å². The monoisotopic (exact) mass is 519 g/mol. The fourth-order valence-electron chi connectivity index (χ4n) is 4.26. The molecule has 13 nitrogen and oxygen atoms in total. The minimum absolute atomic E-state index is 0.0330. The van der Waals surface area contributed by atoms with Crippen LogP contribution in [0.2, 0.25) is 0 Å². The number of amides is 1. The highest BCUT2D eigenvalue weighted by molar-refractivity contribution is 6.04. The van der Waals surface area contributed by atoms with Crippen molar-refractivity contribution in [3.8, 4) is 17.5 Å². The standard InChI is InChI=1S/C26H21N11O2/c1-15(29-25(38)20-21(27)34-36-13-6-12-28-24(20)36)23-30-22-19(26(39)37(23)17-7-4-3-5-8-17)18(31-32-22)10-9-16-11-14-35(2)33-16/h3-8,11-15H,1-2H3,(H2,27,34)(H,29,38)(H,31,32). The molecule has 192 valence electrons. The van der Waals surface area contributed by atoms with Crippen molar-refractivity contribution in [1.29, 1.82) is 0 Å². The molecule has 6 aromatic rings. The molecule has 0 fully saturated rings. The topological polar surface area (TPSA) is 167 Å². The predicted molar refractivity (Wildman–Crippen MR) is 142 cm³/mol. The lowest BCUT2D eigenvalue weighted by Crippen LogP contribution is -2.33. The summed E-state index contributed by atoms with van der Waals surface area (Å²) in [6, 6.07) is 11.7. The lowest BCUT2D eigenvalue weighted by Gasteiger charge is -2.18. The molecule has 4 N–H and O–H groups in total. The maximum Gasteiger partial charge on any atom is 0.270 e. The van der Waals surface area contributed by atoms with Crippen LogP contribution < -0.4 is 16.6 Å². The molecule has 0 radical (unpaired) electrons. The Bertz CT molecular complexity index is 1990. The zero-order valence-corrected chi connectivity index (χ0v) is 20.8. The Morgan fingerprint density at radius 2 is 1.92 bits per heavy atom. The van der Waals surface area contributed by atoms with Gasteiger partial charge in [0, 0.05) is 25.6 Å². The summed E-state index contributed by atoms with van der Waals surface area (Å²) < 4.78 is 4.50. The number of nitrogens with one attached hydrogen (secondary N) is 2. The molecule has 0 aliphatic carbocycles. The van der Waals surface area contributed by atoms with Gasteiger partial charge in [-0.05, 0) is 43.0 Å². The quantitative estimate of drug-likeness (QED) is 0.294. The van der Waals surface area contributed by atoms with Gasteiger partial charge in [0.25, 0.3) is 11.5 Å². The first kappa shape index (κ1) is 23.6. The van der Waals surface area contributed by atoms with Crippen molar-refractivity contribution in [3.05, 3.63) is 94.2 Å². The van der Waals surface area contributed by atoms with Crippen LogP contribution in [0.4, 0.5) is 5.82 Å². The molecule has 39 heavy (non-hydrogen) atoms. The van der Waals surface area contributed by atoms with Gasteiger partial charge < -0.3 is 11.1 Å². The van der Waals surface area contributed by atoms with Crippen LogP contribution in [-0.2, 0) is 7.05 Å². The number of nitrogens with zero attached hydrogens (tertiary/aromatic N) is 8. The summed E-state index contributed by atoms with van der Waals surface area (Å²) in [6.45, 7) is 1.72. The van der Waals surface area contributed by atoms with Crippen molar-refractivity contribution in [2.75, 3.05) is 5.73 Å². The van der Waals surface area contributed by atoms with Gasteiger partial charge >= 0.3 is 0 Å². The summed E-state index contributed by atoms with van der Waals surface area (Å²) in [6.07, 6.45) is 4.97. The normalized spacial score (nSPS) is 11.8. The number of nitrogen functional groups attached to an aromatic ring is 1. The number of anilines is 1. The first-order chi connectivity index (χ1) is 18.9. The van der Waals surface area contributed by atoms with E-state index in [-0.39, 0.29) is 28.2 Å². The molecule has 1 aromatic carbocycles. The van der Waals surface area contributed by atoms with Crippen molar-refractivity contribution in [2.45, 2.75) is 13.0 Å². The highest BCUT2D eigenvalue weighted by Crippen LogP contribution is 2.21. The van der Waals surface area contributed by atoms with Gasteiger partial charge in [-0.25, -0.2) is 14.5 Å². The van der Waals surface area contributed by atoms with Gasteiger partial charge in [0.15, 0.2) is 17.1 Å². The Kier molecular flexibility index (Phi) is 5.61. The van der Waals surface area contributed by atoms with Crippen LogP contribution in [0.1, 0.15) is 40.5 Å². The number of hydrogen-bond acceptors (Lipinski definition) is 8. The van der Waals surface area contributed by atoms with Gasteiger partial charge in [-0.2, -0.15) is 10.2 Å². The molecular weight excluding hydrogens is 498 g/mol. The summed E-state index contributed by atoms with van der Waals surface area (Å²) in [5.74, 6) is 5.67. The van der Waals surface area contributed by atoms with E-state index in [0.29, 0.717) is 22.7 Å². The third-order valence-corrected chi connectivity index (χ3v) is 6.04. The average Bonchev–Trinajstić information content (AvgIpc) is 3.63. The Morgan fingerprint density at radius 3 is 2.69 bits per heavy atom. The summed E-state index contributed by atoms with van der Waals surface area (Å²) in [5.41, 5.74) is 7.67. The number of para-hydroxylation sites is 1. The summed E-state index contributed by atoms with van der Waals surface area (Å²) in [7, 11) is 1.79. The molecule has 0 bridgehead atoms. The van der Waals surface area contributed by atoms with E-state index in [9.17, 15) is 9.59 Å². The number of benzene rings is 1. The van der Waals surface area contributed by atoms with Crippen molar-refractivity contribution < 1.29 is 4.79 Å². The molecule has 5 heterocycles. The molecular formula is C26H21N11O2. The van der Waals surface area contributed by atoms with Gasteiger partial charge in [-0.1, -0.05) is 18.2 Å². The summed E-state index contributed by atoms with van der Waals surface area (Å²) in [4.78, 5) is 36.1. The summed E-state index contributed by atoms with van der Waals surface area (Å²) >= 11 is 0. The van der Waals surface area contributed by atoms with Crippen LogP contribution in [-0.4, -0.2) is 50.0 Å². The van der Waals surface area contributed by atoms with Crippen LogP contribution in [0.25, 0.3) is 22.4 Å². The minimum atomic E-state index is -0.729. The first-order valence-corrected chi connectivity index (χ1v) is 11.9. The number of aromatic nitrogens is 9. The number of hydrogen-bond donors (Lipinski definition) is 3. The average molecular weight is 520 g/mol. The van der Waals surface area contributed by atoms with Crippen LogP contribution in [0, 0.1) is 11.8 Å². The molecule has 0 spiro atoms. The molecule has 1 atom stereocenters. The molecule has 0 aliphatic heterocycles. The van der Waals surface area contributed by atoms with E-state index in [4.69, 9.17) is 5.73 Å². The Hall–Kier alpha value is -5.77. The lowest BCUT2D eigenvalue weighted by molar-refractivity contribution is 0.0940. The fourth-order valence-corrected chi connectivity index (χ4v) is 4.26. The van der Waals surface area contributed by atoms with Gasteiger partial charge in [0.2, 0.25) is 0 Å². The largest absolute Gasteiger partial charge is 0.381 e. The van der Waals surface area contributed by atoms with Gasteiger partial charge in [-0.3, -0.25) is 23.9 Å². The second-order valence-electron chi connectivity index (χ2n) is 8.71. The van der Waals surface area contributed by atoms with Crippen LogP contribution in [0.5, 0.6) is 0 Å².